The summed E-state index contributed by atoms with van der Waals surface area (Å²) in [6.07, 6.45) is 0. The van der Waals surface area contributed by atoms with Crippen LogP contribution < -0.4 is 15.4 Å². The van der Waals surface area contributed by atoms with Crippen LogP contribution in [0.3, 0.4) is 0 Å². The fourth-order valence-electron chi connectivity index (χ4n) is 1.87. The summed E-state index contributed by atoms with van der Waals surface area (Å²) in [7, 11) is 1.57. The number of carbonyl (C=O) groups is 2. The third-order valence-corrected chi connectivity index (χ3v) is 2.95. The van der Waals surface area contributed by atoms with Crippen molar-refractivity contribution in [3.05, 3.63) is 24.3 Å². The van der Waals surface area contributed by atoms with E-state index in [1.165, 1.54) is 0 Å². The van der Waals surface area contributed by atoms with Gasteiger partial charge in [0.1, 0.15) is 5.75 Å². The van der Waals surface area contributed by atoms with E-state index in [-0.39, 0.29) is 0 Å². The number of piperazine rings is 1. The first-order valence-electron chi connectivity index (χ1n) is 6.16. The summed E-state index contributed by atoms with van der Waals surface area (Å²) in [5.74, 6) is -0.393. The Bertz CT molecular complexity index is 453. The fourth-order valence-corrected chi connectivity index (χ4v) is 1.87. The van der Waals surface area contributed by atoms with E-state index in [4.69, 9.17) is 4.74 Å². The van der Waals surface area contributed by atoms with Gasteiger partial charge in [-0.25, -0.2) is 0 Å². The predicted molar refractivity (Wildman–Crippen MR) is 71.1 cm³/mol. The predicted octanol–water partition coefficient (Wildman–Crippen LogP) is 0.0655. The Balaban J connectivity index is 1.93. The zero-order chi connectivity index (χ0) is 13.7. The van der Waals surface area contributed by atoms with Crippen LogP contribution in [-0.2, 0) is 9.59 Å². The molecule has 0 saturated carbocycles. The number of nitrogens with zero attached hydrogens (tertiary/aromatic N) is 1. The van der Waals surface area contributed by atoms with E-state index in [2.05, 4.69) is 10.6 Å². The number of ether oxygens (including phenoxy) is 1. The zero-order valence-corrected chi connectivity index (χ0v) is 10.8. The van der Waals surface area contributed by atoms with E-state index in [9.17, 15) is 9.59 Å². The topological polar surface area (TPSA) is 70.7 Å². The van der Waals surface area contributed by atoms with Crippen molar-refractivity contribution in [1.29, 1.82) is 0 Å². The molecule has 1 fully saturated rings. The van der Waals surface area contributed by atoms with Crippen molar-refractivity contribution in [2.24, 2.45) is 0 Å². The molecule has 1 saturated heterocycles. The zero-order valence-electron chi connectivity index (χ0n) is 10.8. The molecule has 0 atom stereocenters. The highest BCUT2D eigenvalue weighted by atomic mass is 16.5. The largest absolute Gasteiger partial charge is 0.497 e. The van der Waals surface area contributed by atoms with Gasteiger partial charge in [0, 0.05) is 31.9 Å². The lowest BCUT2D eigenvalue weighted by Crippen LogP contribution is -2.49. The molecule has 2 N–H and O–H groups in total. The highest BCUT2D eigenvalue weighted by Gasteiger charge is 2.23. The SMILES string of the molecule is COc1ccc(NC(=O)C(=O)N2CCNCC2)cc1. The average Bonchev–Trinajstić information content (AvgIpc) is 2.48. The monoisotopic (exact) mass is 263 g/mol. The highest BCUT2D eigenvalue weighted by Crippen LogP contribution is 2.15. The number of methoxy groups -OCH3 is 1. The van der Waals surface area contributed by atoms with Gasteiger partial charge < -0.3 is 20.3 Å². The Hall–Kier alpha value is -2.08. The molecule has 6 nitrogen and oxygen atoms in total. The van der Waals surface area contributed by atoms with Gasteiger partial charge in [-0.15, -0.1) is 0 Å². The molecule has 0 spiro atoms. The van der Waals surface area contributed by atoms with Crippen LogP contribution >= 0.6 is 0 Å². The molecule has 1 aliphatic heterocycles. The van der Waals surface area contributed by atoms with E-state index in [0.29, 0.717) is 24.5 Å². The highest BCUT2D eigenvalue weighted by molar-refractivity contribution is 6.39. The lowest BCUT2D eigenvalue weighted by atomic mass is 10.3. The Labute approximate surface area is 111 Å². The molecule has 0 bridgehead atoms. The van der Waals surface area contributed by atoms with Gasteiger partial charge in [-0.05, 0) is 24.3 Å². The number of rotatable bonds is 2. The van der Waals surface area contributed by atoms with Crippen molar-refractivity contribution >= 4 is 17.5 Å². The van der Waals surface area contributed by atoms with E-state index in [0.717, 1.165) is 13.1 Å². The number of anilines is 1. The third kappa shape index (κ3) is 3.45. The van der Waals surface area contributed by atoms with Gasteiger partial charge in [-0.3, -0.25) is 9.59 Å². The van der Waals surface area contributed by atoms with E-state index < -0.39 is 11.8 Å². The number of amides is 2. The number of hydrogen-bond donors (Lipinski definition) is 2. The van der Waals surface area contributed by atoms with Crippen molar-refractivity contribution in [3.63, 3.8) is 0 Å². The lowest BCUT2D eigenvalue weighted by molar-refractivity contribution is -0.143. The van der Waals surface area contributed by atoms with E-state index in [1.807, 2.05) is 0 Å². The fraction of sp³-hybridized carbons (Fsp3) is 0.385. The first kappa shape index (κ1) is 13.4. The van der Waals surface area contributed by atoms with Crippen molar-refractivity contribution in [1.82, 2.24) is 10.2 Å². The van der Waals surface area contributed by atoms with Gasteiger partial charge >= 0.3 is 11.8 Å². The van der Waals surface area contributed by atoms with Crippen LogP contribution in [-0.4, -0.2) is 50.0 Å². The van der Waals surface area contributed by atoms with Gasteiger partial charge in [-0.1, -0.05) is 0 Å². The molecule has 0 unspecified atom stereocenters. The van der Waals surface area contributed by atoms with Crippen LogP contribution in [0.2, 0.25) is 0 Å². The Morgan fingerprint density at radius 2 is 1.84 bits per heavy atom. The van der Waals surface area contributed by atoms with Crippen LogP contribution in [0.25, 0.3) is 0 Å². The summed E-state index contributed by atoms with van der Waals surface area (Å²) in [5, 5.41) is 5.72. The van der Waals surface area contributed by atoms with Crippen molar-refractivity contribution in [2.75, 3.05) is 38.6 Å². The van der Waals surface area contributed by atoms with E-state index in [1.54, 1.807) is 36.3 Å². The molecule has 0 radical (unpaired) electrons. The van der Waals surface area contributed by atoms with Crippen molar-refractivity contribution in [2.45, 2.75) is 0 Å². The molecule has 1 heterocycles. The van der Waals surface area contributed by atoms with Crippen molar-refractivity contribution in [3.8, 4) is 5.75 Å². The normalized spacial score (nSPS) is 14.9. The minimum atomic E-state index is -0.605. The first-order chi connectivity index (χ1) is 9.20. The second kappa shape index (κ2) is 6.19. The van der Waals surface area contributed by atoms with E-state index >= 15 is 0 Å². The number of hydrogen-bond acceptors (Lipinski definition) is 4. The molecule has 0 aliphatic carbocycles. The van der Waals surface area contributed by atoms with Gasteiger partial charge in [-0.2, -0.15) is 0 Å². The quantitative estimate of drug-likeness (QED) is 0.741. The van der Waals surface area contributed by atoms with Gasteiger partial charge in [0.2, 0.25) is 0 Å². The molecule has 1 aromatic carbocycles. The van der Waals surface area contributed by atoms with Crippen LogP contribution in [0.4, 0.5) is 5.69 Å². The Kier molecular flexibility index (Phi) is 4.35. The molecule has 1 aromatic rings. The standard InChI is InChI=1S/C13H17N3O3/c1-19-11-4-2-10(3-5-11)15-12(17)13(18)16-8-6-14-7-9-16/h2-5,14H,6-9H2,1H3,(H,15,17). The van der Waals surface area contributed by atoms with Crippen LogP contribution in [0, 0.1) is 0 Å². The molecule has 19 heavy (non-hydrogen) atoms. The molecule has 0 aromatic heterocycles. The summed E-state index contributed by atoms with van der Waals surface area (Å²) < 4.78 is 5.02. The lowest BCUT2D eigenvalue weighted by Gasteiger charge is -2.26. The van der Waals surface area contributed by atoms with Gasteiger partial charge in [0.05, 0.1) is 7.11 Å². The van der Waals surface area contributed by atoms with Crippen LogP contribution in [0.15, 0.2) is 24.3 Å². The second-order valence-electron chi connectivity index (χ2n) is 4.22. The summed E-state index contributed by atoms with van der Waals surface area (Å²) in [5.41, 5.74) is 0.578. The molecule has 1 aliphatic rings. The molecule has 6 heteroatoms. The molecule has 2 amide bonds. The molecule has 2 rings (SSSR count). The summed E-state index contributed by atoms with van der Waals surface area (Å²) in [6, 6.07) is 6.85. The summed E-state index contributed by atoms with van der Waals surface area (Å²) >= 11 is 0. The van der Waals surface area contributed by atoms with Gasteiger partial charge in [0.25, 0.3) is 0 Å². The Morgan fingerprint density at radius 3 is 2.42 bits per heavy atom. The van der Waals surface area contributed by atoms with Crippen molar-refractivity contribution < 1.29 is 14.3 Å². The first-order valence-corrected chi connectivity index (χ1v) is 6.16. The molecular formula is C13H17N3O3. The minimum absolute atomic E-state index is 0.489. The number of benzene rings is 1. The average molecular weight is 263 g/mol. The molecule has 102 valence electrons. The maximum atomic E-state index is 11.9. The van der Waals surface area contributed by atoms with Crippen LogP contribution in [0.5, 0.6) is 5.75 Å². The Morgan fingerprint density at radius 1 is 1.21 bits per heavy atom. The van der Waals surface area contributed by atoms with Gasteiger partial charge in [0.15, 0.2) is 0 Å². The maximum Gasteiger partial charge on any atom is 0.313 e. The van der Waals surface area contributed by atoms with Crippen LogP contribution in [0.1, 0.15) is 0 Å². The number of carbonyl (C=O) groups excluding carboxylic acids is 2. The minimum Gasteiger partial charge on any atom is -0.497 e. The number of nitrogens with one attached hydrogen (secondary N) is 2. The third-order valence-electron chi connectivity index (χ3n) is 2.95. The molecular weight excluding hydrogens is 246 g/mol. The maximum absolute atomic E-state index is 11.9. The summed E-state index contributed by atoms with van der Waals surface area (Å²) in [4.78, 5) is 25.3. The smallest absolute Gasteiger partial charge is 0.313 e. The summed E-state index contributed by atoms with van der Waals surface area (Å²) in [6.45, 7) is 2.58. The second-order valence-corrected chi connectivity index (χ2v) is 4.22.